The largest absolute Gasteiger partial charge is 0.466 e. The maximum atomic E-state index is 10.8. The van der Waals surface area contributed by atoms with Crippen molar-refractivity contribution in [3.8, 4) is 11.1 Å². The zero-order valence-corrected chi connectivity index (χ0v) is 16.8. The van der Waals surface area contributed by atoms with Crippen molar-refractivity contribution >= 4 is 5.69 Å². The third-order valence-corrected chi connectivity index (χ3v) is 5.08. The number of nitro groups is 1. The Balaban J connectivity index is 1.75. The molecule has 0 spiro atoms. The van der Waals surface area contributed by atoms with Gasteiger partial charge in [-0.15, -0.1) is 0 Å². The summed E-state index contributed by atoms with van der Waals surface area (Å²) in [6, 6.07) is 8.77. The molecule has 0 bridgehead atoms. The fourth-order valence-corrected chi connectivity index (χ4v) is 3.53. The molecular formula is C23H33NO3. The molecule has 0 atom stereocenters. The normalized spacial score (nSPS) is 11.0. The van der Waals surface area contributed by atoms with Gasteiger partial charge in [0.05, 0.1) is 4.92 Å². The molecular weight excluding hydrogens is 338 g/mol. The van der Waals surface area contributed by atoms with Gasteiger partial charge in [0.25, 0.3) is 5.69 Å². The molecule has 0 saturated heterocycles. The van der Waals surface area contributed by atoms with E-state index in [1.807, 2.05) is 25.1 Å². The maximum absolute atomic E-state index is 10.8. The van der Waals surface area contributed by atoms with Crippen LogP contribution in [-0.2, 0) is 6.42 Å². The molecule has 4 nitrogen and oxygen atoms in total. The zero-order chi connectivity index (χ0) is 19.5. The molecule has 0 N–H and O–H groups in total. The third kappa shape index (κ3) is 7.20. The minimum Gasteiger partial charge on any atom is -0.466 e. The number of rotatable bonds is 13. The molecule has 0 radical (unpaired) electrons. The average molecular weight is 372 g/mol. The smallest absolute Gasteiger partial charge is 0.269 e. The van der Waals surface area contributed by atoms with E-state index < -0.39 is 0 Å². The van der Waals surface area contributed by atoms with Crippen molar-refractivity contribution in [1.29, 1.82) is 0 Å². The molecule has 2 rings (SSSR count). The van der Waals surface area contributed by atoms with Gasteiger partial charge in [0.15, 0.2) is 0 Å². The quantitative estimate of drug-likeness (QED) is 0.207. The van der Waals surface area contributed by atoms with E-state index in [1.165, 1.54) is 57.8 Å². The molecule has 0 unspecified atom stereocenters. The lowest BCUT2D eigenvalue weighted by Gasteiger charge is -2.04. The number of hydrogen-bond acceptors (Lipinski definition) is 3. The van der Waals surface area contributed by atoms with Crippen molar-refractivity contribution in [3.05, 3.63) is 52.0 Å². The number of unbranched alkanes of at least 4 members (excludes halogenated alkanes) is 9. The minimum atomic E-state index is -0.366. The van der Waals surface area contributed by atoms with E-state index in [9.17, 15) is 10.1 Å². The first-order chi connectivity index (χ1) is 13.1. The summed E-state index contributed by atoms with van der Waals surface area (Å²) in [6.45, 7) is 4.21. The van der Waals surface area contributed by atoms with Gasteiger partial charge in [-0.1, -0.05) is 64.7 Å². The maximum Gasteiger partial charge on any atom is 0.269 e. The molecule has 1 heterocycles. The summed E-state index contributed by atoms with van der Waals surface area (Å²) in [5.41, 5.74) is 2.17. The summed E-state index contributed by atoms with van der Waals surface area (Å²) < 4.78 is 5.90. The standard InChI is InChI=1S/C23H33NO3/c1-3-4-5-6-7-8-9-10-11-12-13-23-22(18-19(2)27-23)20-14-16-21(17-15-20)24(25)26/h14-18H,3-13H2,1-2H3. The molecule has 1 aromatic carbocycles. The minimum absolute atomic E-state index is 0.121. The van der Waals surface area contributed by atoms with Gasteiger partial charge in [-0.05, 0) is 37.1 Å². The Hall–Kier alpha value is -2.10. The van der Waals surface area contributed by atoms with Gasteiger partial charge in [-0.3, -0.25) is 10.1 Å². The van der Waals surface area contributed by atoms with Crippen molar-refractivity contribution < 1.29 is 9.34 Å². The molecule has 148 valence electrons. The first-order valence-corrected chi connectivity index (χ1v) is 10.5. The molecule has 0 aliphatic rings. The fourth-order valence-electron chi connectivity index (χ4n) is 3.53. The number of hydrogen-bond donors (Lipinski definition) is 0. The van der Waals surface area contributed by atoms with E-state index in [2.05, 4.69) is 6.92 Å². The second-order valence-corrected chi connectivity index (χ2v) is 7.43. The Bertz CT molecular complexity index is 688. The molecule has 1 aromatic heterocycles. The van der Waals surface area contributed by atoms with Crippen LogP contribution in [0.25, 0.3) is 11.1 Å². The molecule has 0 amide bonds. The zero-order valence-electron chi connectivity index (χ0n) is 16.8. The Labute approximate surface area is 163 Å². The van der Waals surface area contributed by atoms with E-state index in [-0.39, 0.29) is 10.6 Å². The Morgan fingerprint density at radius 2 is 1.44 bits per heavy atom. The number of furan rings is 1. The highest BCUT2D eigenvalue weighted by Gasteiger charge is 2.12. The van der Waals surface area contributed by atoms with Crippen LogP contribution >= 0.6 is 0 Å². The third-order valence-electron chi connectivity index (χ3n) is 5.08. The van der Waals surface area contributed by atoms with Crippen molar-refractivity contribution in [1.82, 2.24) is 0 Å². The lowest BCUT2D eigenvalue weighted by atomic mass is 10.0. The summed E-state index contributed by atoms with van der Waals surface area (Å²) in [5, 5.41) is 10.8. The van der Waals surface area contributed by atoms with Gasteiger partial charge < -0.3 is 4.42 Å². The highest BCUT2D eigenvalue weighted by molar-refractivity contribution is 5.67. The second kappa shape index (κ2) is 11.6. The van der Waals surface area contributed by atoms with Gasteiger partial charge in [-0.2, -0.15) is 0 Å². The first kappa shape index (κ1) is 21.2. The van der Waals surface area contributed by atoms with Crippen molar-refractivity contribution in [3.63, 3.8) is 0 Å². The number of non-ortho nitro benzene ring substituents is 1. The first-order valence-electron chi connectivity index (χ1n) is 10.5. The molecule has 0 aliphatic heterocycles. The summed E-state index contributed by atoms with van der Waals surface area (Å²) >= 11 is 0. The summed E-state index contributed by atoms with van der Waals surface area (Å²) in [5.74, 6) is 1.89. The van der Waals surface area contributed by atoms with Gasteiger partial charge in [0.1, 0.15) is 11.5 Å². The molecule has 2 aromatic rings. The van der Waals surface area contributed by atoms with Gasteiger partial charge in [0.2, 0.25) is 0 Å². The number of aryl methyl sites for hydroxylation is 2. The van der Waals surface area contributed by atoms with Crippen molar-refractivity contribution in [2.45, 2.75) is 84.5 Å². The van der Waals surface area contributed by atoms with Crippen LogP contribution in [0.5, 0.6) is 0 Å². The Morgan fingerprint density at radius 3 is 2.00 bits per heavy atom. The highest BCUT2D eigenvalue weighted by atomic mass is 16.6. The number of nitro benzene ring substituents is 1. The fraction of sp³-hybridized carbons (Fsp3) is 0.565. The predicted molar refractivity (Wildman–Crippen MR) is 111 cm³/mol. The molecule has 4 heteroatoms. The Morgan fingerprint density at radius 1 is 0.889 bits per heavy atom. The van der Waals surface area contributed by atoms with E-state index in [0.29, 0.717) is 0 Å². The lowest BCUT2D eigenvalue weighted by molar-refractivity contribution is -0.384. The van der Waals surface area contributed by atoms with Crippen LogP contribution in [0.2, 0.25) is 0 Å². The van der Waals surface area contributed by atoms with Crippen LogP contribution in [0.15, 0.2) is 34.7 Å². The predicted octanol–water partition coefficient (Wildman–Crippen LogP) is 7.63. The van der Waals surface area contributed by atoms with E-state index in [0.717, 1.165) is 35.5 Å². The SMILES string of the molecule is CCCCCCCCCCCCc1oc(C)cc1-c1ccc([N+](=O)[O-])cc1. The van der Waals surface area contributed by atoms with E-state index >= 15 is 0 Å². The highest BCUT2D eigenvalue weighted by Crippen LogP contribution is 2.30. The van der Waals surface area contributed by atoms with Crippen molar-refractivity contribution in [2.24, 2.45) is 0 Å². The monoisotopic (exact) mass is 371 g/mol. The van der Waals surface area contributed by atoms with Crippen LogP contribution in [0.4, 0.5) is 5.69 Å². The molecule has 0 aliphatic carbocycles. The van der Waals surface area contributed by atoms with Gasteiger partial charge in [0, 0.05) is 24.1 Å². The summed E-state index contributed by atoms with van der Waals surface area (Å²) in [7, 11) is 0. The topological polar surface area (TPSA) is 56.3 Å². The van der Waals surface area contributed by atoms with Crippen molar-refractivity contribution in [2.75, 3.05) is 0 Å². The average Bonchev–Trinajstić information content (AvgIpc) is 3.04. The summed E-state index contributed by atoms with van der Waals surface area (Å²) in [4.78, 5) is 10.5. The molecule has 27 heavy (non-hydrogen) atoms. The van der Waals surface area contributed by atoms with Crippen LogP contribution < -0.4 is 0 Å². The lowest BCUT2D eigenvalue weighted by Crippen LogP contribution is -1.89. The van der Waals surface area contributed by atoms with Gasteiger partial charge >= 0.3 is 0 Å². The van der Waals surface area contributed by atoms with Gasteiger partial charge in [-0.25, -0.2) is 0 Å². The number of nitrogens with zero attached hydrogens (tertiary/aromatic N) is 1. The Kier molecular flexibility index (Phi) is 9.09. The van der Waals surface area contributed by atoms with E-state index in [1.54, 1.807) is 12.1 Å². The van der Waals surface area contributed by atoms with Crippen LogP contribution in [0.3, 0.4) is 0 Å². The van der Waals surface area contributed by atoms with Crippen LogP contribution in [0, 0.1) is 17.0 Å². The molecule has 0 fully saturated rings. The second-order valence-electron chi connectivity index (χ2n) is 7.43. The van der Waals surface area contributed by atoms with E-state index in [4.69, 9.17) is 4.42 Å². The van der Waals surface area contributed by atoms with Crippen LogP contribution in [0.1, 0.15) is 82.7 Å². The number of benzene rings is 1. The van der Waals surface area contributed by atoms with Crippen LogP contribution in [-0.4, -0.2) is 4.92 Å². The molecule has 0 saturated carbocycles. The summed E-state index contributed by atoms with van der Waals surface area (Å²) in [6.07, 6.45) is 14.1.